The summed E-state index contributed by atoms with van der Waals surface area (Å²) in [6.45, 7) is 0. The minimum atomic E-state index is 0.622. The third-order valence-electron chi connectivity index (χ3n) is 11.5. The lowest BCUT2D eigenvalue weighted by atomic mass is 9.93. The molecule has 280 valence electrons. The third kappa shape index (κ3) is 6.58. The molecule has 0 radical (unpaired) electrons. The number of benzene rings is 10. The van der Waals surface area contributed by atoms with E-state index in [-0.39, 0.29) is 0 Å². The van der Waals surface area contributed by atoms with E-state index in [1.54, 1.807) is 0 Å². The quantitative estimate of drug-likeness (QED) is 0.162. The van der Waals surface area contributed by atoms with Crippen LogP contribution in [0.3, 0.4) is 0 Å². The number of nitrogens with zero attached hydrogens (tertiary/aromatic N) is 3. The van der Waals surface area contributed by atoms with E-state index in [1.165, 1.54) is 38.8 Å². The van der Waals surface area contributed by atoms with Gasteiger partial charge in [0.1, 0.15) is 0 Å². The molecule has 0 saturated carbocycles. The lowest BCUT2D eigenvalue weighted by Gasteiger charge is -2.15. The molecule has 0 unspecified atom stereocenters. The summed E-state index contributed by atoms with van der Waals surface area (Å²) in [6.07, 6.45) is 0. The van der Waals surface area contributed by atoms with Gasteiger partial charge in [-0.1, -0.05) is 188 Å². The molecule has 3 heteroatoms. The van der Waals surface area contributed by atoms with Crippen LogP contribution in [0.15, 0.2) is 224 Å². The molecule has 10 aromatic carbocycles. The van der Waals surface area contributed by atoms with Gasteiger partial charge >= 0.3 is 0 Å². The third-order valence-corrected chi connectivity index (χ3v) is 11.5. The molecule has 0 saturated heterocycles. The molecule has 0 aliphatic rings. The summed E-state index contributed by atoms with van der Waals surface area (Å²) < 4.78 is 0. The molecule has 0 fully saturated rings. The van der Waals surface area contributed by atoms with Crippen LogP contribution in [0.25, 0.3) is 111 Å². The molecule has 1 heterocycles. The Bertz CT molecular complexity index is 3360. The minimum absolute atomic E-state index is 0.622. The van der Waals surface area contributed by atoms with Crippen LogP contribution in [0, 0.1) is 0 Å². The zero-order chi connectivity index (χ0) is 39.8. The molecule has 3 nitrogen and oxygen atoms in total. The maximum Gasteiger partial charge on any atom is 0.164 e. The number of hydrogen-bond acceptors (Lipinski definition) is 3. The summed E-state index contributed by atoms with van der Waals surface area (Å²) in [6, 6.07) is 79.5. The van der Waals surface area contributed by atoms with Gasteiger partial charge in [-0.15, -0.1) is 0 Å². The second-order valence-electron chi connectivity index (χ2n) is 15.2. The maximum atomic E-state index is 5.34. The van der Waals surface area contributed by atoms with Gasteiger partial charge in [0.15, 0.2) is 17.5 Å². The number of rotatable bonds is 7. The first kappa shape index (κ1) is 35.2. The first-order chi connectivity index (χ1) is 29.7. The summed E-state index contributed by atoms with van der Waals surface area (Å²) in [7, 11) is 0. The largest absolute Gasteiger partial charge is 0.208 e. The monoisotopic (exact) mass is 763 g/mol. The van der Waals surface area contributed by atoms with Crippen molar-refractivity contribution in [2.24, 2.45) is 0 Å². The van der Waals surface area contributed by atoms with E-state index >= 15 is 0 Å². The van der Waals surface area contributed by atoms with E-state index in [9.17, 15) is 0 Å². The van der Waals surface area contributed by atoms with Crippen molar-refractivity contribution in [1.29, 1.82) is 0 Å². The van der Waals surface area contributed by atoms with Crippen LogP contribution in [-0.2, 0) is 0 Å². The molecule has 0 bridgehead atoms. The number of aromatic nitrogens is 3. The van der Waals surface area contributed by atoms with Crippen molar-refractivity contribution >= 4 is 32.3 Å². The molecule has 60 heavy (non-hydrogen) atoms. The molecule has 0 atom stereocenters. The predicted octanol–water partition coefficient (Wildman–Crippen LogP) is 15.0. The average molecular weight is 764 g/mol. The zero-order valence-electron chi connectivity index (χ0n) is 32.7. The number of hydrogen-bond donors (Lipinski definition) is 0. The molecule has 0 aliphatic carbocycles. The fourth-order valence-electron chi connectivity index (χ4n) is 8.49. The molecular weight excluding hydrogens is 727 g/mol. The highest BCUT2D eigenvalue weighted by Gasteiger charge is 2.18. The highest BCUT2D eigenvalue weighted by Crippen LogP contribution is 2.39. The second-order valence-corrected chi connectivity index (χ2v) is 15.2. The molecule has 11 rings (SSSR count). The van der Waals surface area contributed by atoms with Gasteiger partial charge < -0.3 is 0 Å². The van der Waals surface area contributed by atoms with Crippen molar-refractivity contribution in [3.05, 3.63) is 224 Å². The van der Waals surface area contributed by atoms with E-state index in [2.05, 4.69) is 224 Å². The normalized spacial score (nSPS) is 11.3. The maximum absolute atomic E-state index is 5.34. The van der Waals surface area contributed by atoms with Crippen molar-refractivity contribution in [3.63, 3.8) is 0 Å². The second kappa shape index (κ2) is 15.1. The average Bonchev–Trinajstić information content (AvgIpc) is 3.33. The predicted molar refractivity (Wildman–Crippen MR) is 250 cm³/mol. The van der Waals surface area contributed by atoms with Crippen LogP contribution in [0.2, 0.25) is 0 Å². The van der Waals surface area contributed by atoms with Crippen molar-refractivity contribution in [2.75, 3.05) is 0 Å². The topological polar surface area (TPSA) is 38.7 Å². The molecule has 0 amide bonds. The van der Waals surface area contributed by atoms with Crippen LogP contribution >= 0.6 is 0 Å². The fraction of sp³-hybridized carbons (Fsp3) is 0. The SMILES string of the molecule is c1ccc(-c2cccc(-c3cc(-c4nc(-c5ccc6cc(-c7ccccc7)ccc6c5)nc(-c5ccc(-c6ccccc6)c6ccccc56)n4)cc4ccccc34)c2)cc1. The van der Waals surface area contributed by atoms with E-state index in [4.69, 9.17) is 15.0 Å². The van der Waals surface area contributed by atoms with E-state index in [0.717, 1.165) is 54.7 Å². The standard InChI is InChI=1S/C57H37N3/c1-4-15-38(16-5-1)41-22-14-23-46(34-41)54-37-48(36-45-21-10-11-24-49(45)54)56-58-55(47-30-29-43-33-42(27-28-44(43)35-47)39-17-6-2-7-18-39)59-57(60-56)53-32-31-50(40-19-8-3-9-20-40)51-25-12-13-26-52(51)53/h1-37H. The lowest BCUT2D eigenvalue weighted by Crippen LogP contribution is -2.01. The van der Waals surface area contributed by atoms with Crippen LogP contribution in [0.4, 0.5) is 0 Å². The van der Waals surface area contributed by atoms with E-state index in [0.29, 0.717) is 17.5 Å². The van der Waals surface area contributed by atoms with Crippen molar-refractivity contribution in [2.45, 2.75) is 0 Å². The lowest BCUT2D eigenvalue weighted by molar-refractivity contribution is 1.08. The smallest absolute Gasteiger partial charge is 0.164 e. The number of fused-ring (bicyclic) bond motifs is 3. The Morgan fingerprint density at radius 2 is 0.667 bits per heavy atom. The molecular formula is C57H37N3. The van der Waals surface area contributed by atoms with E-state index in [1.807, 2.05) is 0 Å². The fourth-order valence-corrected chi connectivity index (χ4v) is 8.49. The Morgan fingerprint density at radius 3 is 1.37 bits per heavy atom. The molecule has 0 aliphatic heterocycles. The Labute approximate surface area is 349 Å². The van der Waals surface area contributed by atoms with Gasteiger partial charge in [-0.05, 0) is 113 Å². The summed E-state index contributed by atoms with van der Waals surface area (Å²) in [5.41, 5.74) is 12.2. The zero-order valence-corrected chi connectivity index (χ0v) is 32.7. The summed E-state index contributed by atoms with van der Waals surface area (Å²) in [5, 5.41) is 6.82. The van der Waals surface area contributed by atoms with Crippen LogP contribution in [0.5, 0.6) is 0 Å². The minimum Gasteiger partial charge on any atom is -0.208 e. The molecule has 1 aromatic heterocycles. The van der Waals surface area contributed by atoms with Crippen molar-refractivity contribution in [3.8, 4) is 78.7 Å². The first-order valence-electron chi connectivity index (χ1n) is 20.3. The van der Waals surface area contributed by atoms with Gasteiger partial charge in [-0.3, -0.25) is 0 Å². The summed E-state index contributed by atoms with van der Waals surface area (Å²) in [4.78, 5) is 15.9. The van der Waals surface area contributed by atoms with Crippen LogP contribution < -0.4 is 0 Å². The van der Waals surface area contributed by atoms with Crippen molar-refractivity contribution < 1.29 is 0 Å². The molecule has 0 N–H and O–H groups in total. The van der Waals surface area contributed by atoms with Crippen LogP contribution in [0.1, 0.15) is 0 Å². The highest BCUT2D eigenvalue weighted by atomic mass is 15.0. The van der Waals surface area contributed by atoms with Gasteiger partial charge in [-0.2, -0.15) is 0 Å². The Hall–Kier alpha value is -8.01. The van der Waals surface area contributed by atoms with Gasteiger partial charge in [0.2, 0.25) is 0 Å². The highest BCUT2D eigenvalue weighted by molar-refractivity contribution is 6.05. The van der Waals surface area contributed by atoms with Gasteiger partial charge in [0.05, 0.1) is 0 Å². The Kier molecular flexibility index (Phi) is 8.83. The Morgan fingerprint density at radius 1 is 0.200 bits per heavy atom. The van der Waals surface area contributed by atoms with E-state index < -0.39 is 0 Å². The van der Waals surface area contributed by atoms with Gasteiger partial charge in [0, 0.05) is 16.7 Å². The molecule has 11 aromatic rings. The molecule has 0 spiro atoms. The van der Waals surface area contributed by atoms with Gasteiger partial charge in [0.25, 0.3) is 0 Å². The first-order valence-corrected chi connectivity index (χ1v) is 20.3. The Balaban J connectivity index is 1.11. The van der Waals surface area contributed by atoms with Gasteiger partial charge in [-0.25, -0.2) is 15.0 Å². The summed E-state index contributed by atoms with van der Waals surface area (Å²) >= 11 is 0. The van der Waals surface area contributed by atoms with Crippen molar-refractivity contribution in [1.82, 2.24) is 15.0 Å². The summed E-state index contributed by atoms with van der Waals surface area (Å²) in [5.74, 6) is 1.88. The van der Waals surface area contributed by atoms with Crippen LogP contribution in [-0.4, -0.2) is 15.0 Å².